The van der Waals surface area contributed by atoms with Crippen molar-refractivity contribution in [2.75, 3.05) is 31.3 Å². The molecule has 0 aliphatic carbocycles. The van der Waals surface area contributed by atoms with E-state index in [-0.39, 0.29) is 5.97 Å². The topological polar surface area (TPSA) is 73.3 Å². The predicted molar refractivity (Wildman–Crippen MR) is 92.7 cm³/mol. The fraction of sp³-hybridized carbons (Fsp3) is 0.400. The van der Waals surface area contributed by atoms with Gasteiger partial charge in [0.15, 0.2) is 4.34 Å². The smallest absolute Gasteiger partial charge is 0.337 e. The van der Waals surface area contributed by atoms with Crippen LogP contribution in [-0.2, 0) is 4.74 Å². The number of benzene rings is 1. The van der Waals surface area contributed by atoms with Crippen molar-refractivity contribution in [1.82, 2.24) is 10.2 Å². The molecule has 124 valence electrons. The van der Waals surface area contributed by atoms with Crippen LogP contribution in [-0.4, -0.2) is 42.2 Å². The van der Waals surface area contributed by atoms with Crippen molar-refractivity contribution in [2.45, 2.75) is 17.7 Å². The number of carbonyl (C=O) groups is 1. The maximum absolute atomic E-state index is 11.5. The first-order chi connectivity index (χ1) is 11.2. The van der Waals surface area contributed by atoms with Crippen LogP contribution in [0.5, 0.6) is 5.75 Å². The summed E-state index contributed by atoms with van der Waals surface area (Å²) < 4.78 is 11.2. The molecule has 0 radical (unpaired) electrons. The number of methoxy groups -OCH3 is 1. The molecule has 0 aliphatic heterocycles. The van der Waals surface area contributed by atoms with Gasteiger partial charge in [0, 0.05) is 12.3 Å². The molecular weight excluding hydrogens is 334 g/mol. The molecule has 0 saturated carbocycles. The number of nitrogens with zero attached hydrogens (tertiary/aromatic N) is 2. The number of carbonyl (C=O) groups excluding carboxylic acids is 1. The largest absolute Gasteiger partial charge is 0.493 e. The van der Waals surface area contributed by atoms with E-state index in [0.717, 1.165) is 28.2 Å². The Morgan fingerprint density at radius 2 is 2.26 bits per heavy atom. The summed E-state index contributed by atoms with van der Waals surface area (Å²) in [5.74, 6) is 1.03. The lowest BCUT2D eigenvalue weighted by molar-refractivity contribution is 0.0600. The monoisotopic (exact) mass is 353 g/mol. The van der Waals surface area contributed by atoms with Crippen molar-refractivity contribution in [3.63, 3.8) is 0 Å². The fourth-order valence-electron chi connectivity index (χ4n) is 1.69. The first kappa shape index (κ1) is 17.6. The number of aromatic nitrogens is 2. The molecule has 0 unspecified atom stereocenters. The number of ether oxygens (including phenoxy) is 2. The predicted octanol–water partition coefficient (Wildman–Crippen LogP) is 3.32. The molecule has 1 N–H and O–H groups in total. The molecule has 0 fully saturated rings. The standard InChI is InChI=1S/C15H19N3O3S2/c1-3-7-16-14-17-18-15(23-14)22-9-8-21-12-6-4-5-11(10-12)13(19)20-2/h4-6,10H,3,7-9H2,1-2H3,(H,16,17). The second-order valence-corrected chi connectivity index (χ2v) is 6.84. The van der Waals surface area contributed by atoms with Crippen LogP contribution >= 0.6 is 23.1 Å². The SMILES string of the molecule is CCCNc1nnc(SCCOc2cccc(C(=O)OC)c2)s1. The van der Waals surface area contributed by atoms with Crippen molar-refractivity contribution < 1.29 is 14.3 Å². The third kappa shape index (κ3) is 5.72. The Morgan fingerprint density at radius 3 is 3.04 bits per heavy atom. The highest BCUT2D eigenvalue weighted by Gasteiger charge is 2.07. The Labute approximate surface area is 143 Å². The number of thioether (sulfide) groups is 1. The van der Waals surface area contributed by atoms with E-state index in [1.165, 1.54) is 7.11 Å². The van der Waals surface area contributed by atoms with Crippen molar-refractivity contribution in [1.29, 1.82) is 0 Å². The maximum Gasteiger partial charge on any atom is 0.337 e. The van der Waals surface area contributed by atoms with E-state index in [0.29, 0.717) is 17.9 Å². The molecule has 8 heteroatoms. The highest BCUT2D eigenvalue weighted by molar-refractivity contribution is 8.01. The van der Waals surface area contributed by atoms with E-state index in [4.69, 9.17) is 4.74 Å². The van der Waals surface area contributed by atoms with E-state index >= 15 is 0 Å². The van der Waals surface area contributed by atoms with Crippen molar-refractivity contribution in [3.8, 4) is 5.75 Å². The zero-order valence-corrected chi connectivity index (χ0v) is 14.7. The highest BCUT2D eigenvalue weighted by atomic mass is 32.2. The lowest BCUT2D eigenvalue weighted by Gasteiger charge is -2.06. The third-order valence-electron chi connectivity index (χ3n) is 2.77. The lowest BCUT2D eigenvalue weighted by atomic mass is 10.2. The van der Waals surface area contributed by atoms with Crippen molar-refractivity contribution in [2.24, 2.45) is 0 Å². The summed E-state index contributed by atoms with van der Waals surface area (Å²) in [6, 6.07) is 6.95. The lowest BCUT2D eigenvalue weighted by Crippen LogP contribution is -2.03. The fourth-order valence-corrected chi connectivity index (χ4v) is 3.36. The normalized spacial score (nSPS) is 10.3. The van der Waals surface area contributed by atoms with Crippen LogP contribution in [0, 0.1) is 0 Å². The molecule has 1 aromatic heterocycles. The summed E-state index contributed by atoms with van der Waals surface area (Å²) in [7, 11) is 1.36. The molecule has 0 spiro atoms. The van der Waals surface area contributed by atoms with Crippen LogP contribution < -0.4 is 10.1 Å². The Balaban J connectivity index is 1.75. The first-order valence-electron chi connectivity index (χ1n) is 7.24. The molecule has 6 nitrogen and oxygen atoms in total. The molecule has 0 aliphatic rings. The van der Waals surface area contributed by atoms with Crippen LogP contribution in [0.3, 0.4) is 0 Å². The number of rotatable bonds is 9. The Morgan fingerprint density at radius 1 is 1.39 bits per heavy atom. The van der Waals surface area contributed by atoms with E-state index in [9.17, 15) is 4.79 Å². The second-order valence-electron chi connectivity index (χ2n) is 4.52. The zero-order valence-electron chi connectivity index (χ0n) is 13.1. The summed E-state index contributed by atoms with van der Waals surface area (Å²) in [6.07, 6.45) is 1.06. The van der Waals surface area contributed by atoms with Gasteiger partial charge >= 0.3 is 5.97 Å². The van der Waals surface area contributed by atoms with Crippen LogP contribution in [0.25, 0.3) is 0 Å². The summed E-state index contributed by atoms with van der Waals surface area (Å²) in [4.78, 5) is 11.5. The van der Waals surface area contributed by atoms with E-state index in [1.54, 1.807) is 41.3 Å². The number of esters is 1. The molecule has 0 saturated heterocycles. The molecule has 1 heterocycles. The van der Waals surface area contributed by atoms with Gasteiger partial charge in [-0.2, -0.15) is 0 Å². The maximum atomic E-state index is 11.5. The van der Waals surface area contributed by atoms with Crippen LogP contribution in [0.15, 0.2) is 28.6 Å². The molecule has 23 heavy (non-hydrogen) atoms. The van der Waals surface area contributed by atoms with Gasteiger partial charge in [0.1, 0.15) is 5.75 Å². The Kier molecular flexibility index (Phi) is 7.15. The van der Waals surface area contributed by atoms with Crippen LogP contribution in [0.4, 0.5) is 5.13 Å². The molecule has 2 rings (SSSR count). The third-order valence-corrected chi connectivity index (χ3v) is 4.74. The van der Waals surface area contributed by atoms with Crippen LogP contribution in [0.2, 0.25) is 0 Å². The minimum atomic E-state index is -0.370. The van der Waals surface area contributed by atoms with Gasteiger partial charge in [-0.25, -0.2) is 4.79 Å². The second kappa shape index (κ2) is 9.36. The number of hydrogen-bond donors (Lipinski definition) is 1. The molecule has 0 amide bonds. The van der Waals surface area contributed by atoms with Crippen LogP contribution in [0.1, 0.15) is 23.7 Å². The highest BCUT2D eigenvalue weighted by Crippen LogP contribution is 2.25. The average molecular weight is 353 g/mol. The van der Waals surface area contributed by atoms with Crippen molar-refractivity contribution >= 4 is 34.2 Å². The average Bonchev–Trinajstić information content (AvgIpc) is 3.04. The van der Waals surface area contributed by atoms with Gasteiger partial charge in [-0.15, -0.1) is 10.2 Å². The number of anilines is 1. The first-order valence-corrected chi connectivity index (χ1v) is 9.04. The molecule has 0 bridgehead atoms. The minimum absolute atomic E-state index is 0.370. The van der Waals surface area contributed by atoms with Crippen molar-refractivity contribution in [3.05, 3.63) is 29.8 Å². The quantitative estimate of drug-likeness (QED) is 0.421. The van der Waals surface area contributed by atoms with Gasteiger partial charge in [0.05, 0.1) is 19.3 Å². The molecule has 1 aromatic carbocycles. The molecule has 0 atom stereocenters. The van der Waals surface area contributed by atoms with E-state index in [2.05, 4.69) is 27.2 Å². The summed E-state index contributed by atoms with van der Waals surface area (Å²) in [6.45, 7) is 3.53. The van der Waals surface area contributed by atoms with Gasteiger partial charge in [-0.1, -0.05) is 36.1 Å². The Bertz CT molecular complexity index is 634. The van der Waals surface area contributed by atoms with Gasteiger partial charge in [0.2, 0.25) is 5.13 Å². The van der Waals surface area contributed by atoms with Gasteiger partial charge in [-0.3, -0.25) is 0 Å². The van der Waals surface area contributed by atoms with Gasteiger partial charge in [0.25, 0.3) is 0 Å². The van der Waals surface area contributed by atoms with E-state index in [1.807, 2.05) is 6.07 Å². The molecule has 2 aromatic rings. The summed E-state index contributed by atoms with van der Waals surface area (Å²) >= 11 is 3.14. The van der Waals surface area contributed by atoms with Gasteiger partial charge in [-0.05, 0) is 24.6 Å². The summed E-state index contributed by atoms with van der Waals surface area (Å²) in [5, 5.41) is 12.2. The Hall–Kier alpha value is -1.80. The molecular formula is C15H19N3O3S2. The number of hydrogen-bond acceptors (Lipinski definition) is 8. The van der Waals surface area contributed by atoms with Gasteiger partial charge < -0.3 is 14.8 Å². The summed E-state index contributed by atoms with van der Waals surface area (Å²) in [5.41, 5.74) is 0.480. The number of nitrogens with one attached hydrogen (secondary N) is 1. The van der Waals surface area contributed by atoms with E-state index < -0.39 is 0 Å². The zero-order chi connectivity index (χ0) is 16.5. The minimum Gasteiger partial charge on any atom is -0.493 e.